The lowest BCUT2D eigenvalue weighted by molar-refractivity contribution is 0.0344. The van der Waals surface area contributed by atoms with Crippen molar-refractivity contribution in [3.63, 3.8) is 0 Å². The summed E-state index contributed by atoms with van der Waals surface area (Å²) in [6.45, 7) is 8.03. The Bertz CT molecular complexity index is 378. The first-order valence-electron chi connectivity index (χ1n) is 6.23. The van der Waals surface area contributed by atoms with Crippen molar-refractivity contribution in [2.24, 2.45) is 0 Å². The highest BCUT2D eigenvalue weighted by Crippen LogP contribution is 2.14. The molecule has 0 unspecified atom stereocenters. The zero-order valence-electron chi connectivity index (χ0n) is 11.0. The molecule has 2 heterocycles. The molecule has 1 saturated heterocycles. The molecule has 0 radical (unpaired) electrons. The number of aromatic nitrogens is 2. The van der Waals surface area contributed by atoms with Crippen LogP contribution < -0.4 is 10.6 Å². The van der Waals surface area contributed by atoms with Crippen molar-refractivity contribution in [2.75, 3.05) is 43.4 Å². The van der Waals surface area contributed by atoms with Crippen molar-refractivity contribution >= 4 is 11.6 Å². The van der Waals surface area contributed by atoms with Gasteiger partial charge in [-0.1, -0.05) is 0 Å². The van der Waals surface area contributed by atoms with E-state index in [-0.39, 0.29) is 0 Å². The van der Waals surface area contributed by atoms with E-state index >= 15 is 0 Å². The summed E-state index contributed by atoms with van der Waals surface area (Å²) in [7, 11) is 0. The highest BCUT2D eigenvalue weighted by molar-refractivity contribution is 5.41. The molecule has 0 aliphatic carbocycles. The first-order chi connectivity index (χ1) is 8.44. The molecule has 2 rings (SSSR count). The normalized spacial score (nSPS) is 18.1. The van der Waals surface area contributed by atoms with Crippen molar-refractivity contribution in [2.45, 2.75) is 19.4 Å². The number of piperazine rings is 1. The van der Waals surface area contributed by atoms with Gasteiger partial charge in [0.25, 0.3) is 0 Å². The summed E-state index contributed by atoms with van der Waals surface area (Å²) in [5.74, 6) is 1.31. The predicted octanol–water partition coefficient (Wildman–Crippen LogP) is -0.0483. The van der Waals surface area contributed by atoms with Crippen LogP contribution >= 0.6 is 0 Å². The lowest BCUT2D eigenvalue weighted by atomic mass is 10.1. The fraction of sp³-hybridized carbons (Fsp3) is 0.667. The molecular formula is C12H21N5O. The van der Waals surface area contributed by atoms with Gasteiger partial charge in [0.1, 0.15) is 5.82 Å². The minimum absolute atomic E-state index is 0.444. The van der Waals surface area contributed by atoms with Gasteiger partial charge in [-0.2, -0.15) is 0 Å². The lowest BCUT2D eigenvalue weighted by Crippen LogP contribution is -2.50. The van der Waals surface area contributed by atoms with Crippen molar-refractivity contribution < 1.29 is 5.11 Å². The van der Waals surface area contributed by atoms with Gasteiger partial charge in [0.05, 0.1) is 5.60 Å². The summed E-state index contributed by atoms with van der Waals surface area (Å²) in [5, 5.41) is 17.7. The van der Waals surface area contributed by atoms with Gasteiger partial charge in [0.2, 0.25) is 0 Å². The number of rotatable bonds is 3. The van der Waals surface area contributed by atoms with Gasteiger partial charge in [-0.15, -0.1) is 10.2 Å². The molecule has 0 atom stereocenters. The molecular weight excluding hydrogens is 230 g/mol. The van der Waals surface area contributed by atoms with Gasteiger partial charge in [-0.25, -0.2) is 0 Å². The number of hydrogen-bond donors (Lipinski definition) is 2. The maximum absolute atomic E-state index is 9.79. The van der Waals surface area contributed by atoms with Gasteiger partial charge in [0.15, 0.2) is 5.82 Å². The lowest BCUT2D eigenvalue weighted by Gasteiger charge is -2.37. The molecule has 1 aliphatic rings. The van der Waals surface area contributed by atoms with Crippen LogP contribution in [-0.4, -0.2) is 58.5 Å². The van der Waals surface area contributed by atoms with E-state index < -0.39 is 5.60 Å². The SMILES string of the molecule is CC(C)(O)CN1CCN(c2ccc(N)nn2)CC1. The number of β-amino-alcohol motifs (C(OH)–C–C–N with tert-alkyl or cyclic N) is 1. The highest BCUT2D eigenvalue weighted by atomic mass is 16.3. The number of anilines is 2. The van der Waals surface area contributed by atoms with E-state index in [9.17, 15) is 5.11 Å². The fourth-order valence-electron chi connectivity index (χ4n) is 2.19. The molecule has 0 saturated carbocycles. The molecule has 1 aromatic heterocycles. The quantitative estimate of drug-likeness (QED) is 0.784. The summed E-state index contributed by atoms with van der Waals surface area (Å²) in [6.07, 6.45) is 0. The van der Waals surface area contributed by atoms with E-state index in [2.05, 4.69) is 20.0 Å². The Balaban J connectivity index is 1.88. The third-order valence-corrected chi connectivity index (χ3v) is 2.98. The van der Waals surface area contributed by atoms with Crippen LogP contribution in [0, 0.1) is 0 Å². The van der Waals surface area contributed by atoms with Crippen molar-refractivity contribution in [3.8, 4) is 0 Å². The van der Waals surface area contributed by atoms with E-state index in [0.717, 1.165) is 32.0 Å². The van der Waals surface area contributed by atoms with Gasteiger partial charge < -0.3 is 15.7 Å². The van der Waals surface area contributed by atoms with Gasteiger partial charge >= 0.3 is 0 Å². The van der Waals surface area contributed by atoms with E-state index in [1.54, 1.807) is 6.07 Å². The second kappa shape index (κ2) is 5.07. The average molecular weight is 251 g/mol. The highest BCUT2D eigenvalue weighted by Gasteiger charge is 2.23. The Morgan fingerprint density at radius 1 is 1.22 bits per heavy atom. The molecule has 1 aliphatic heterocycles. The summed E-state index contributed by atoms with van der Waals surface area (Å²) in [5.41, 5.74) is 4.88. The number of aliphatic hydroxyl groups is 1. The molecule has 6 nitrogen and oxygen atoms in total. The van der Waals surface area contributed by atoms with Crippen molar-refractivity contribution in [1.82, 2.24) is 15.1 Å². The third kappa shape index (κ3) is 3.54. The minimum atomic E-state index is -0.636. The Hall–Kier alpha value is -1.40. The molecule has 0 bridgehead atoms. The van der Waals surface area contributed by atoms with Crippen LogP contribution in [0.1, 0.15) is 13.8 Å². The van der Waals surface area contributed by atoms with Crippen LogP contribution in [-0.2, 0) is 0 Å². The third-order valence-electron chi connectivity index (χ3n) is 2.98. The number of nitrogens with zero attached hydrogens (tertiary/aromatic N) is 4. The molecule has 6 heteroatoms. The molecule has 3 N–H and O–H groups in total. The molecule has 0 aromatic carbocycles. The van der Waals surface area contributed by atoms with E-state index in [4.69, 9.17) is 5.73 Å². The van der Waals surface area contributed by atoms with Crippen LogP contribution in [0.3, 0.4) is 0 Å². The number of nitrogens with two attached hydrogens (primary N) is 1. The maximum Gasteiger partial charge on any atom is 0.151 e. The monoisotopic (exact) mass is 251 g/mol. The fourth-order valence-corrected chi connectivity index (χ4v) is 2.19. The van der Waals surface area contributed by atoms with Crippen LogP contribution in [0.15, 0.2) is 12.1 Å². The van der Waals surface area contributed by atoms with Crippen LogP contribution in [0.25, 0.3) is 0 Å². The first-order valence-corrected chi connectivity index (χ1v) is 6.23. The van der Waals surface area contributed by atoms with Gasteiger partial charge in [-0.3, -0.25) is 4.90 Å². The van der Waals surface area contributed by atoms with Gasteiger partial charge in [-0.05, 0) is 26.0 Å². The summed E-state index contributed by atoms with van der Waals surface area (Å²) >= 11 is 0. The number of hydrogen-bond acceptors (Lipinski definition) is 6. The Labute approximate surface area is 107 Å². The van der Waals surface area contributed by atoms with E-state index in [0.29, 0.717) is 12.4 Å². The Kier molecular flexibility index (Phi) is 3.68. The molecule has 100 valence electrons. The topological polar surface area (TPSA) is 78.5 Å². The van der Waals surface area contributed by atoms with Crippen molar-refractivity contribution in [1.29, 1.82) is 0 Å². The predicted molar refractivity (Wildman–Crippen MR) is 71.4 cm³/mol. The van der Waals surface area contributed by atoms with Crippen molar-refractivity contribution in [3.05, 3.63) is 12.1 Å². The minimum Gasteiger partial charge on any atom is -0.389 e. The van der Waals surface area contributed by atoms with Crippen LogP contribution in [0.4, 0.5) is 11.6 Å². The molecule has 1 fully saturated rings. The molecule has 0 amide bonds. The summed E-state index contributed by atoms with van der Waals surface area (Å²) in [4.78, 5) is 4.45. The largest absolute Gasteiger partial charge is 0.389 e. The molecule has 1 aromatic rings. The summed E-state index contributed by atoms with van der Waals surface area (Å²) < 4.78 is 0. The average Bonchev–Trinajstić information content (AvgIpc) is 2.29. The van der Waals surface area contributed by atoms with Gasteiger partial charge in [0, 0.05) is 32.7 Å². The zero-order chi connectivity index (χ0) is 13.2. The maximum atomic E-state index is 9.79. The second-order valence-electron chi connectivity index (χ2n) is 5.39. The smallest absolute Gasteiger partial charge is 0.151 e. The van der Waals surface area contributed by atoms with E-state index in [1.807, 2.05) is 19.9 Å². The Morgan fingerprint density at radius 2 is 1.89 bits per heavy atom. The van der Waals surface area contributed by atoms with Crippen LogP contribution in [0.2, 0.25) is 0 Å². The van der Waals surface area contributed by atoms with Crippen LogP contribution in [0.5, 0.6) is 0 Å². The standard InChI is InChI=1S/C12H21N5O/c1-12(2,18)9-16-5-7-17(8-6-16)11-4-3-10(13)14-15-11/h3-4,18H,5-9H2,1-2H3,(H2,13,14). The van der Waals surface area contributed by atoms with E-state index in [1.165, 1.54) is 0 Å². The first kappa shape index (κ1) is 13.0. The molecule has 0 spiro atoms. The Morgan fingerprint density at radius 3 is 2.39 bits per heavy atom. The zero-order valence-corrected chi connectivity index (χ0v) is 11.0. The molecule has 18 heavy (non-hydrogen) atoms. The number of nitrogen functional groups attached to an aromatic ring is 1. The second-order valence-corrected chi connectivity index (χ2v) is 5.39. The summed E-state index contributed by atoms with van der Waals surface area (Å²) in [6, 6.07) is 3.67.